The number of halogens is 2. The molecule has 0 saturated heterocycles. The van der Waals surface area contributed by atoms with Crippen LogP contribution in [0.1, 0.15) is 10.4 Å². The molecule has 3 nitrogen and oxygen atoms in total. The molecule has 0 atom stereocenters. The maximum atomic E-state index is 13.7. The Balaban J connectivity index is 1.84. The van der Waals surface area contributed by atoms with Gasteiger partial charge in [-0.1, -0.05) is 30.3 Å². The van der Waals surface area contributed by atoms with Crippen molar-refractivity contribution in [3.05, 3.63) is 90.0 Å². The molecule has 3 aromatic carbocycles. The van der Waals surface area contributed by atoms with Crippen molar-refractivity contribution in [1.82, 2.24) is 0 Å². The van der Waals surface area contributed by atoms with E-state index in [4.69, 9.17) is 0 Å². The summed E-state index contributed by atoms with van der Waals surface area (Å²) in [5.74, 6) is -2.27. The number of hydrogen-bond donors (Lipinski definition) is 2. The topological polar surface area (TPSA) is 41.1 Å². The molecule has 0 spiro atoms. The number of benzene rings is 3. The number of para-hydroxylation sites is 3. The van der Waals surface area contributed by atoms with E-state index >= 15 is 0 Å². The van der Waals surface area contributed by atoms with Crippen LogP contribution in [-0.4, -0.2) is 5.91 Å². The van der Waals surface area contributed by atoms with Crippen LogP contribution in [0.5, 0.6) is 0 Å². The van der Waals surface area contributed by atoms with E-state index in [0.717, 1.165) is 17.8 Å². The Morgan fingerprint density at radius 2 is 1.46 bits per heavy atom. The van der Waals surface area contributed by atoms with Gasteiger partial charge in [0.25, 0.3) is 5.91 Å². The van der Waals surface area contributed by atoms with Crippen LogP contribution >= 0.6 is 0 Å². The molecule has 0 saturated carbocycles. The van der Waals surface area contributed by atoms with Crippen molar-refractivity contribution in [2.45, 2.75) is 0 Å². The van der Waals surface area contributed by atoms with Crippen molar-refractivity contribution in [3.8, 4) is 0 Å². The highest BCUT2D eigenvalue weighted by molar-refractivity contribution is 6.06. The van der Waals surface area contributed by atoms with Crippen molar-refractivity contribution >= 4 is 23.0 Å². The Bertz CT molecular complexity index is 866. The van der Waals surface area contributed by atoms with Crippen LogP contribution in [0.3, 0.4) is 0 Å². The van der Waals surface area contributed by atoms with E-state index in [2.05, 4.69) is 10.6 Å². The monoisotopic (exact) mass is 324 g/mol. The van der Waals surface area contributed by atoms with Gasteiger partial charge < -0.3 is 10.6 Å². The predicted molar refractivity (Wildman–Crippen MR) is 90.5 cm³/mol. The SMILES string of the molecule is O=C(Nc1ccccc1Nc1ccccc1)c1ccc(F)cc1F. The van der Waals surface area contributed by atoms with Crippen molar-refractivity contribution in [1.29, 1.82) is 0 Å². The Labute approximate surface area is 138 Å². The standard InChI is InChI=1S/C19H14F2N2O/c20-13-10-11-15(16(21)12-13)19(24)23-18-9-5-4-8-17(18)22-14-6-2-1-3-7-14/h1-12,22H,(H,23,24). The first kappa shape index (κ1) is 15.7. The fraction of sp³-hybridized carbons (Fsp3) is 0. The molecule has 2 N–H and O–H groups in total. The Morgan fingerprint density at radius 1 is 0.792 bits per heavy atom. The van der Waals surface area contributed by atoms with E-state index in [-0.39, 0.29) is 5.56 Å². The van der Waals surface area contributed by atoms with Gasteiger partial charge in [0.2, 0.25) is 0 Å². The van der Waals surface area contributed by atoms with E-state index in [1.165, 1.54) is 0 Å². The zero-order valence-electron chi connectivity index (χ0n) is 12.6. The van der Waals surface area contributed by atoms with E-state index < -0.39 is 17.5 Å². The van der Waals surface area contributed by atoms with Gasteiger partial charge in [0, 0.05) is 11.8 Å². The lowest BCUT2D eigenvalue weighted by molar-refractivity contribution is 0.102. The average Bonchev–Trinajstić information content (AvgIpc) is 2.57. The molecule has 0 heterocycles. The highest BCUT2D eigenvalue weighted by Gasteiger charge is 2.14. The molecule has 0 radical (unpaired) electrons. The maximum absolute atomic E-state index is 13.7. The number of hydrogen-bond acceptors (Lipinski definition) is 2. The Morgan fingerprint density at radius 3 is 2.17 bits per heavy atom. The van der Waals surface area contributed by atoms with Gasteiger partial charge in [-0.3, -0.25) is 4.79 Å². The molecule has 3 rings (SSSR count). The first-order valence-electron chi connectivity index (χ1n) is 7.31. The lowest BCUT2D eigenvalue weighted by atomic mass is 10.1. The van der Waals surface area contributed by atoms with Gasteiger partial charge in [-0.15, -0.1) is 0 Å². The summed E-state index contributed by atoms with van der Waals surface area (Å²) in [6, 6.07) is 19.4. The second-order valence-electron chi connectivity index (χ2n) is 5.11. The van der Waals surface area contributed by atoms with Gasteiger partial charge in [0.05, 0.1) is 16.9 Å². The maximum Gasteiger partial charge on any atom is 0.258 e. The number of rotatable bonds is 4. The number of carbonyl (C=O) groups excluding carboxylic acids is 1. The molecular weight excluding hydrogens is 310 g/mol. The number of anilines is 3. The lowest BCUT2D eigenvalue weighted by Crippen LogP contribution is -2.15. The summed E-state index contributed by atoms with van der Waals surface area (Å²) in [5.41, 5.74) is 1.80. The number of amides is 1. The van der Waals surface area contributed by atoms with Crippen LogP contribution in [0.2, 0.25) is 0 Å². The van der Waals surface area contributed by atoms with E-state index in [9.17, 15) is 13.6 Å². The number of carbonyl (C=O) groups is 1. The van der Waals surface area contributed by atoms with Crippen LogP contribution in [0.25, 0.3) is 0 Å². The minimum atomic E-state index is -0.902. The van der Waals surface area contributed by atoms with Gasteiger partial charge in [-0.05, 0) is 36.4 Å². The zero-order chi connectivity index (χ0) is 16.9. The second kappa shape index (κ2) is 6.91. The first-order chi connectivity index (χ1) is 11.6. The fourth-order valence-corrected chi connectivity index (χ4v) is 2.24. The summed E-state index contributed by atoms with van der Waals surface area (Å²) in [6.07, 6.45) is 0. The Kier molecular flexibility index (Phi) is 4.52. The van der Waals surface area contributed by atoms with Crippen molar-refractivity contribution in [2.24, 2.45) is 0 Å². The van der Waals surface area contributed by atoms with E-state index in [1.54, 1.807) is 18.2 Å². The summed E-state index contributed by atoms with van der Waals surface area (Å²) in [4.78, 5) is 12.2. The van der Waals surface area contributed by atoms with Gasteiger partial charge in [0.1, 0.15) is 11.6 Å². The molecule has 0 aliphatic heterocycles. The predicted octanol–water partition coefficient (Wildman–Crippen LogP) is 4.96. The first-order valence-corrected chi connectivity index (χ1v) is 7.31. The van der Waals surface area contributed by atoms with E-state index in [0.29, 0.717) is 17.4 Å². The van der Waals surface area contributed by atoms with Gasteiger partial charge in [0.15, 0.2) is 0 Å². The Hall–Kier alpha value is -3.21. The summed E-state index contributed by atoms with van der Waals surface area (Å²) in [5, 5.41) is 5.83. The molecule has 0 bridgehead atoms. The van der Waals surface area contributed by atoms with Crippen LogP contribution in [-0.2, 0) is 0 Å². The molecule has 120 valence electrons. The highest BCUT2D eigenvalue weighted by Crippen LogP contribution is 2.26. The molecule has 24 heavy (non-hydrogen) atoms. The quantitative estimate of drug-likeness (QED) is 0.712. The smallest absolute Gasteiger partial charge is 0.258 e. The van der Waals surface area contributed by atoms with Crippen molar-refractivity contribution < 1.29 is 13.6 Å². The molecule has 0 aliphatic carbocycles. The third-order valence-electron chi connectivity index (χ3n) is 3.40. The third-order valence-corrected chi connectivity index (χ3v) is 3.40. The summed E-state index contributed by atoms with van der Waals surface area (Å²) < 4.78 is 26.7. The average molecular weight is 324 g/mol. The number of nitrogens with one attached hydrogen (secondary N) is 2. The lowest BCUT2D eigenvalue weighted by Gasteiger charge is -2.13. The van der Waals surface area contributed by atoms with E-state index in [1.807, 2.05) is 36.4 Å². The summed E-state index contributed by atoms with van der Waals surface area (Å²) in [7, 11) is 0. The minimum absolute atomic E-state index is 0.217. The van der Waals surface area contributed by atoms with Crippen LogP contribution in [0.4, 0.5) is 25.8 Å². The van der Waals surface area contributed by atoms with Gasteiger partial charge in [-0.2, -0.15) is 0 Å². The van der Waals surface area contributed by atoms with Crippen LogP contribution in [0, 0.1) is 11.6 Å². The van der Waals surface area contributed by atoms with Crippen LogP contribution < -0.4 is 10.6 Å². The molecule has 0 fully saturated rings. The summed E-state index contributed by atoms with van der Waals surface area (Å²) in [6.45, 7) is 0. The highest BCUT2D eigenvalue weighted by atomic mass is 19.1. The fourth-order valence-electron chi connectivity index (χ4n) is 2.24. The molecule has 0 aliphatic rings. The molecule has 0 aromatic heterocycles. The minimum Gasteiger partial charge on any atom is -0.354 e. The molecule has 5 heteroatoms. The summed E-state index contributed by atoms with van der Waals surface area (Å²) >= 11 is 0. The largest absolute Gasteiger partial charge is 0.354 e. The third kappa shape index (κ3) is 3.57. The molecular formula is C19H14F2N2O. The zero-order valence-corrected chi connectivity index (χ0v) is 12.6. The van der Waals surface area contributed by atoms with Crippen molar-refractivity contribution in [3.63, 3.8) is 0 Å². The normalized spacial score (nSPS) is 10.2. The van der Waals surface area contributed by atoms with Crippen molar-refractivity contribution in [2.75, 3.05) is 10.6 Å². The van der Waals surface area contributed by atoms with Gasteiger partial charge in [-0.25, -0.2) is 8.78 Å². The molecule has 1 amide bonds. The van der Waals surface area contributed by atoms with Gasteiger partial charge >= 0.3 is 0 Å². The second-order valence-corrected chi connectivity index (χ2v) is 5.11. The molecule has 0 unspecified atom stereocenters. The molecule has 3 aromatic rings. The van der Waals surface area contributed by atoms with Crippen LogP contribution in [0.15, 0.2) is 72.8 Å².